The van der Waals surface area contributed by atoms with E-state index in [0.717, 1.165) is 32.1 Å². The lowest BCUT2D eigenvalue weighted by molar-refractivity contribution is -0.146. The summed E-state index contributed by atoms with van der Waals surface area (Å²) in [5.74, 6) is -3.86. The quantitative estimate of drug-likeness (QED) is 0.161. The largest absolute Gasteiger partial charge is 0.453 e. The van der Waals surface area contributed by atoms with Gasteiger partial charge in [-0.15, -0.1) is 0 Å². The van der Waals surface area contributed by atoms with Crippen LogP contribution in [0.3, 0.4) is 0 Å². The molecule has 0 aromatic rings. The van der Waals surface area contributed by atoms with Crippen molar-refractivity contribution in [3.05, 3.63) is 0 Å². The van der Waals surface area contributed by atoms with E-state index < -0.39 is 77.0 Å². The molecule has 0 aromatic carbocycles. The first-order valence-electron chi connectivity index (χ1n) is 17.8. The van der Waals surface area contributed by atoms with Crippen molar-refractivity contribution in [3.63, 3.8) is 0 Å². The van der Waals surface area contributed by atoms with E-state index in [1.807, 2.05) is 48.5 Å². The zero-order valence-electron chi connectivity index (χ0n) is 30.6. The molecule has 276 valence electrons. The Kier molecular flexibility index (Phi) is 13.6. The number of fused-ring (bicyclic) bond motifs is 1. The van der Waals surface area contributed by atoms with Crippen molar-refractivity contribution in [1.82, 2.24) is 31.5 Å². The summed E-state index contributed by atoms with van der Waals surface area (Å²) in [7, 11) is 1.18. The van der Waals surface area contributed by atoms with Gasteiger partial charge in [0.1, 0.15) is 24.2 Å². The van der Waals surface area contributed by atoms with Gasteiger partial charge < -0.3 is 36.2 Å². The van der Waals surface area contributed by atoms with Crippen molar-refractivity contribution < 1.29 is 38.3 Å². The Balaban J connectivity index is 1.85. The van der Waals surface area contributed by atoms with Gasteiger partial charge >= 0.3 is 6.09 Å². The van der Waals surface area contributed by atoms with E-state index in [9.17, 15) is 33.6 Å². The summed E-state index contributed by atoms with van der Waals surface area (Å²) in [6.45, 7) is 14.8. The summed E-state index contributed by atoms with van der Waals surface area (Å²) in [5, 5.41) is 13.6. The Bertz CT molecular complexity index is 1260. The van der Waals surface area contributed by atoms with Crippen LogP contribution in [0, 0.1) is 29.1 Å². The lowest BCUT2D eigenvalue weighted by Crippen LogP contribution is -2.63. The predicted octanol–water partition coefficient (Wildman–Crippen LogP) is 1.80. The van der Waals surface area contributed by atoms with Gasteiger partial charge in [0.05, 0.1) is 13.2 Å². The summed E-state index contributed by atoms with van der Waals surface area (Å²) in [6, 6.07) is -4.96. The molecule has 1 heterocycles. The van der Waals surface area contributed by atoms with E-state index in [4.69, 9.17) is 0 Å². The number of amides is 6. The standard InChI is InChI=1S/C35H58N6O8/c1-10-12-24(27(42)32(46)37-22-15-16-22)38-31(45)26-23-14-11-13-21(23)17-41(26)33(47)28(35(6,7)8)40-30(44)25(19(4)18(2)3)39-29(43)20(5)36-34(48)49-9/h18-26,28H,10-17H2,1-9H3,(H,36,48)(H,37,46)(H,38,45)(H,39,43)(H,40,44)/t19?,20-,21-,23-,24-,25-,26?,28+/m0/s1. The molecule has 2 saturated carbocycles. The van der Waals surface area contributed by atoms with Crippen molar-refractivity contribution in [3.8, 4) is 0 Å². The van der Waals surface area contributed by atoms with Crippen LogP contribution in [0.25, 0.3) is 0 Å². The van der Waals surface area contributed by atoms with Gasteiger partial charge in [-0.05, 0) is 68.1 Å². The van der Waals surface area contributed by atoms with Crippen LogP contribution < -0.4 is 26.6 Å². The van der Waals surface area contributed by atoms with Crippen molar-refractivity contribution >= 4 is 41.4 Å². The zero-order valence-corrected chi connectivity index (χ0v) is 30.6. The number of ketones is 1. The van der Waals surface area contributed by atoms with Gasteiger partial charge in [0.15, 0.2) is 0 Å². The monoisotopic (exact) mass is 690 g/mol. The summed E-state index contributed by atoms with van der Waals surface area (Å²) >= 11 is 0. The smallest absolute Gasteiger partial charge is 0.407 e. The Morgan fingerprint density at radius 3 is 2.06 bits per heavy atom. The molecule has 0 spiro atoms. The molecule has 6 amide bonds. The number of rotatable bonds is 15. The Morgan fingerprint density at radius 1 is 0.857 bits per heavy atom. The number of carbonyl (C=O) groups is 7. The lowest BCUT2D eigenvalue weighted by atomic mass is 9.84. The molecule has 2 unspecified atom stereocenters. The Morgan fingerprint density at radius 2 is 1.51 bits per heavy atom. The fourth-order valence-electron chi connectivity index (χ4n) is 6.77. The first kappa shape index (κ1) is 39.7. The summed E-state index contributed by atoms with van der Waals surface area (Å²) in [4.78, 5) is 94.5. The highest BCUT2D eigenvalue weighted by atomic mass is 16.5. The highest BCUT2D eigenvalue weighted by Crippen LogP contribution is 2.43. The number of methoxy groups -OCH3 is 1. The van der Waals surface area contributed by atoms with E-state index in [2.05, 4.69) is 31.3 Å². The molecule has 3 aliphatic rings. The van der Waals surface area contributed by atoms with Crippen LogP contribution >= 0.6 is 0 Å². The molecule has 1 saturated heterocycles. The number of carbonyl (C=O) groups excluding carboxylic acids is 7. The van der Waals surface area contributed by atoms with Crippen molar-refractivity contribution in [2.24, 2.45) is 29.1 Å². The maximum Gasteiger partial charge on any atom is 0.407 e. The van der Waals surface area contributed by atoms with Gasteiger partial charge in [-0.1, -0.05) is 61.3 Å². The Labute approximate surface area is 290 Å². The minimum atomic E-state index is -1.06. The second-order valence-electron chi connectivity index (χ2n) is 15.5. The number of Topliss-reactive ketones (excluding diaryl/α,β-unsaturated/α-hetero) is 1. The SMILES string of the molecule is CCC[C@H](NC(=O)C1[C@H]2CCC[C@H]2CN1C(=O)[C@@H](NC(=O)[C@@H](NC(=O)[C@H](C)NC(=O)OC)C(C)C(C)C)C(C)(C)C)C(=O)C(=O)NC1CC1. The highest BCUT2D eigenvalue weighted by Gasteiger charge is 2.52. The van der Waals surface area contributed by atoms with E-state index >= 15 is 0 Å². The topological polar surface area (TPSA) is 192 Å². The normalized spacial score (nSPS) is 23.3. The molecular formula is C35H58N6O8. The number of hydrogen-bond acceptors (Lipinski definition) is 8. The molecular weight excluding hydrogens is 632 g/mol. The van der Waals surface area contributed by atoms with Crippen molar-refractivity contribution in [2.75, 3.05) is 13.7 Å². The first-order chi connectivity index (χ1) is 22.9. The van der Waals surface area contributed by atoms with Crippen LogP contribution in [0.2, 0.25) is 0 Å². The van der Waals surface area contributed by atoms with Crippen molar-refractivity contribution in [1.29, 1.82) is 0 Å². The minimum Gasteiger partial charge on any atom is -0.453 e. The molecule has 1 aliphatic heterocycles. The van der Waals surface area contributed by atoms with Gasteiger partial charge in [-0.3, -0.25) is 28.8 Å². The number of alkyl carbamates (subject to hydrolysis) is 1. The van der Waals surface area contributed by atoms with Crippen molar-refractivity contribution in [2.45, 2.75) is 137 Å². The molecule has 49 heavy (non-hydrogen) atoms. The molecule has 0 bridgehead atoms. The molecule has 14 nitrogen and oxygen atoms in total. The fraction of sp³-hybridized carbons (Fsp3) is 0.800. The number of ether oxygens (including phenoxy) is 1. The third-order valence-electron chi connectivity index (χ3n) is 10.3. The molecule has 0 aromatic heterocycles. The van der Waals surface area contributed by atoms with Gasteiger partial charge in [0.2, 0.25) is 29.4 Å². The van der Waals surface area contributed by atoms with Gasteiger partial charge in [0.25, 0.3) is 5.91 Å². The second-order valence-corrected chi connectivity index (χ2v) is 15.5. The third-order valence-corrected chi connectivity index (χ3v) is 10.3. The molecule has 5 N–H and O–H groups in total. The van der Waals surface area contributed by atoms with Gasteiger partial charge in [-0.25, -0.2) is 4.79 Å². The maximum absolute atomic E-state index is 14.5. The predicted molar refractivity (Wildman–Crippen MR) is 182 cm³/mol. The van der Waals surface area contributed by atoms with Crippen LogP contribution in [-0.2, 0) is 33.5 Å². The van der Waals surface area contributed by atoms with Crippen LogP contribution in [0.4, 0.5) is 4.79 Å². The first-order valence-corrected chi connectivity index (χ1v) is 17.8. The van der Waals surface area contributed by atoms with Crippen LogP contribution in [-0.4, -0.2) is 96.2 Å². The third kappa shape index (κ3) is 10.2. The number of likely N-dealkylation sites (tertiary alicyclic amines) is 1. The van der Waals surface area contributed by atoms with E-state index in [0.29, 0.717) is 13.0 Å². The number of hydrogen-bond donors (Lipinski definition) is 5. The van der Waals surface area contributed by atoms with Gasteiger partial charge in [0, 0.05) is 12.6 Å². The van der Waals surface area contributed by atoms with E-state index in [-0.39, 0.29) is 36.1 Å². The number of nitrogens with zero attached hydrogens (tertiary/aromatic N) is 1. The molecule has 14 heteroatoms. The lowest BCUT2D eigenvalue weighted by Gasteiger charge is -2.38. The minimum absolute atomic E-state index is 0.00228. The zero-order chi connectivity index (χ0) is 36.8. The summed E-state index contributed by atoms with van der Waals surface area (Å²) < 4.78 is 4.58. The highest BCUT2D eigenvalue weighted by molar-refractivity contribution is 6.38. The molecule has 8 atom stereocenters. The number of nitrogens with one attached hydrogen (secondary N) is 5. The summed E-state index contributed by atoms with van der Waals surface area (Å²) in [6.07, 6.45) is 4.22. The molecule has 3 fully saturated rings. The van der Waals surface area contributed by atoms with Crippen LogP contribution in [0.1, 0.15) is 100 Å². The second kappa shape index (κ2) is 16.8. The fourth-order valence-corrected chi connectivity index (χ4v) is 6.77. The molecule has 3 rings (SSSR count). The van der Waals surface area contributed by atoms with Crippen LogP contribution in [0.5, 0.6) is 0 Å². The maximum atomic E-state index is 14.5. The van der Waals surface area contributed by atoms with E-state index in [1.165, 1.54) is 14.0 Å². The van der Waals surface area contributed by atoms with Crippen LogP contribution in [0.15, 0.2) is 0 Å². The average molecular weight is 691 g/mol. The summed E-state index contributed by atoms with van der Waals surface area (Å²) in [5.41, 5.74) is -0.789. The Hall–Kier alpha value is -3.71. The van der Waals surface area contributed by atoms with E-state index in [1.54, 1.807) is 4.90 Å². The molecule has 0 radical (unpaired) electrons. The average Bonchev–Trinajstić information content (AvgIpc) is 3.60. The molecule has 2 aliphatic carbocycles. The van der Waals surface area contributed by atoms with Gasteiger partial charge in [-0.2, -0.15) is 0 Å².